The Morgan fingerprint density at radius 2 is 2.07 bits per heavy atom. The maximum atomic E-state index is 13.7. The lowest BCUT2D eigenvalue weighted by atomic mass is 10.1. The summed E-state index contributed by atoms with van der Waals surface area (Å²) in [5, 5.41) is 19.9. The molecule has 2 atom stereocenters. The summed E-state index contributed by atoms with van der Waals surface area (Å²) in [7, 11) is 2.09. The summed E-state index contributed by atoms with van der Waals surface area (Å²) in [6.07, 6.45) is 2.25. The van der Waals surface area contributed by atoms with E-state index in [-0.39, 0.29) is 18.7 Å². The summed E-state index contributed by atoms with van der Waals surface area (Å²) in [4.78, 5) is 30.0. The fraction of sp³-hybridized carbons (Fsp3) is 0.517. The summed E-state index contributed by atoms with van der Waals surface area (Å²) in [6.45, 7) is 9.33. The molecule has 2 fully saturated rings. The minimum atomic E-state index is -1.03. The molecule has 4 heterocycles. The predicted molar refractivity (Wildman–Crippen MR) is 152 cm³/mol. The topological polar surface area (TPSA) is 109 Å². The van der Waals surface area contributed by atoms with Crippen molar-refractivity contribution in [2.75, 3.05) is 44.7 Å². The van der Waals surface area contributed by atoms with E-state index in [0.717, 1.165) is 41.8 Å². The fourth-order valence-electron chi connectivity index (χ4n) is 5.94. The van der Waals surface area contributed by atoms with Crippen molar-refractivity contribution >= 4 is 23.3 Å². The number of nitrogens with zero attached hydrogens (tertiary/aromatic N) is 7. The molecule has 0 unspecified atom stereocenters. The van der Waals surface area contributed by atoms with Crippen LogP contribution in [0.15, 0.2) is 24.5 Å². The van der Waals surface area contributed by atoms with E-state index < -0.39 is 17.8 Å². The highest BCUT2D eigenvalue weighted by Crippen LogP contribution is 2.35. The molecule has 3 aliphatic rings. The van der Waals surface area contributed by atoms with E-state index in [1.165, 1.54) is 4.90 Å². The highest BCUT2D eigenvalue weighted by Gasteiger charge is 2.35. The van der Waals surface area contributed by atoms with Gasteiger partial charge in [-0.05, 0) is 56.6 Å². The van der Waals surface area contributed by atoms with E-state index in [1.54, 1.807) is 12.1 Å². The maximum Gasteiger partial charge on any atom is 0.318 e. The average molecular weight is 584 g/mol. The van der Waals surface area contributed by atoms with Crippen LogP contribution in [0.1, 0.15) is 41.6 Å². The van der Waals surface area contributed by atoms with Crippen molar-refractivity contribution < 1.29 is 19.0 Å². The number of aryl methyl sites for hydroxylation is 1. The van der Waals surface area contributed by atoms with Crippen molar-refractivity contribution in [1.82, 2.24) is 24.7 Å². The maximum absolute atomic E-state index is 13.7. The molecule has 3 aliphatic heterocycles. The van der Waals surface area contributed by atoms with Crippen LogP contribution < -0.4 is 9.64 Å². The van der Waals surface area contributed by atoms with Crippen LogP contribution in [-0.4, -0.2) is 87.6 Å². The van der Waals surface area contributed by atoms with Crippen molar-refractivity contribution in [3.05, 3.63) is 51.9 Å². The van der Waals surface area contributed by atoms with Gasteiger partial charge in [0.2, 0.25) is 0 Å². The molecule has 2 aromatic rings. The molecule has 0 spiro atoms. The largest absolute Gasteiger partial charge is 0.506 e. The van der Waals surface area contributed by atoms with Crippen molar-refractivity contribution in [3.63, 3.8) is 0 Å². The second-order valence-corrected chi connectivity index (χ2v) is 11.5. The Balaban J connectivity index is 1.42. The average Bonchev–Trinajstić information content (AvgIpc) is 3.54. The van der Waals surface area contributed by atoms with E-state index in [1.807, 2.05) is 11.8 Å². The van der Waals surface area contributed by atoms with Gasteiger partial charge in [-0.3, -0.25) is 9.69 Å². The van der Waals surface area contributed by atoms with Gasteiger partial charge in [0, 0.05) is 50.9 Å². The highest BCUT2D eigenvalue weighted by atomic mass is 35.5. The number of piperazine rings is 1. The summed E-state index contributed by atoms with van der Waals surface area (Å²) in [5.74, 6) is -1.06. The number of phenolic OH excluding ortho intramolecular Hbond substituents is 1. The quantitative estimate of drug-likeness (QED) is 0.467. The standard InChI is InChI=1S/C29H35ClFN7O3/c1-18-11-24(30)26(39)12-20(18)13-36-15-23-25(16-36)33-29(41-17-22-5-4-8-35(22)3)34-27(23)37-9-10-38(28(40)19(2)31)21(14-37)6-7-32/h11-12,21-22,39H,2,4-6,8-10,13-17H2,1,3H3/t21-,22-/m0/s1. The van der Waals surface area contributed by atoms with E-state index in [0.29, 0.717) is 62.2 Å². The second-order valence-electron chi connectivity index (χ2n) is 11.1. The number of rotatable bonds is 8. The number of likely N-dealkylation sites (tertiary alicyclic amines) is 1. The van der Waals surface area contributed by atoms with Gasteiger partial charge in [-0.15, -0.1) is 0 Å². The molecule has 0 aliphatic carbocycles. The Morgan fingerprint density at radius 1 is 1.27 bits per heavy atom. The zero-order chi connectivity index (χ0) is 29.3. The van der Waals surface area contributed by atoms with Gasteiger partial charge in [0.05, 0.1) is 29.2 Å². The first kappa shape index (κ1) is 29.0. The van der Waals surface area contributed by atoms with E-state index in [4.69, 9.17) is 26.3 Å². The van der Waals surface area contributed by atoms with Gasteiger partial charge in [-0.25, -0.2) is 4.39 Å². The molecular formula is C29H35ClFN7O3. The summed E-state index contributed by atoms with van der Waals surface area (Å²) in [6, 6.07) is 5.68. The predicted octanol–water partition coefficient (Wildman–Crippen LogP) is 3.55. The summed E-state index contributed by atoms with van der Waals surface area (Å²) < 4.78 is 19.9. The van der Waals surface area contributed by atoms with E-state index in [2.05, 4.69) is 29.5 Å². The second kappa shape index (κ2) is 12.2. The van der Waals surface area contributed by atoms with Gasteiger partial charge < -0.3 is 24.5 Å². The molecule has 0 radical (unpaired) electrons. The van der Waals surface area contributed by atoms with Crippen molar-refractivity contribution in [3.8, 4) is 17.8 Å². The molecule has 1 aromatic carbocycles. The number of aromatic hydroxyl groups is 1. The number of hydrogen-bond acceptors (Lipinski definition) is 9. The Kier molecular flexibility index (Phi) is 8.63. The minimum Gasteiger partial charge on any atom is -0.506 e. The third-order valence-corrected chi connectivity index (χ3v) is 8.59. The number of anilines is 1. The molecule has 0 saturated carbocycles. The number of phenols is 1. The Labute approximate surface area is 244 Å². The third kappa shape index (κ3) is 6.25. The van der Waals surface area contributed by atoms with Crippen LogP contribution >= 0.6 is 11.6 Å². The van der Waals surface area contributed by atoms with Gasteiger partial charge in [0.25, 0.3) is 5.91 Å². The first-order chi connectivity index (χ1) is 19.6. The normalized spacial score (nSPS) is 21.1. The van der Waals surface area contributed by atoms with Crippen LogP contribution in [0, 0.1) is 18.3 Å². The van der Waals surface area contributed by atoms with E-state index >= 15 is 0 Å². The van der Waals surface area contributed by atoms with Gasteiger partial charge in [0.15, 0.2) is 5.83 Å². The van der Waals surface area contributed by atoms with Crippen LogP contribution in [0.25, 0.3) is 0 Å². The lowest BCUT2D eigenvalue weighted by Crippen LogP contribution is -2.55. The Hall–Kier alpha value is -3.46. The van der Waals surface area contributed by atoms with Crippen molar-refractivity contribution in [2.45, 2.75) is 57.9 Å². The van der Waals surface area contributed by atoms with Crippen molar-refractivity contribution in [1.29, 1.82) is 5.26 Å². The molecule has 12 heteroatoms. The number of ether oxygens (including phenoxy) is 1. The molecule has 218 valence electrons. The SMILES string of the molecule is C=C(F)C(=O)N1CCN(c2nc(OC[C@@H]3CCCN3C)nc3c2CN(Cc2cc(O)c(Cl)cc2C)C3)C[C@@H]1CC#N. The Morgan fingerprint density at radius 3 is 2.78 bits per heavy atom. The lowest BCUT2D eigenvalue weighted by Gasteiger charge is -2.41. The molecule has 1 N–H and O–H groups in total. The monoisotopic (exact) mass is 583 g/mol. The molecule has 1 amide bonds. The number of carbonyl (C=O) groups is 1. The molecule has 2 saturated heterocycles. The zero-order valence-corrected chi connectivity index (χ0v) is 24.2. The highest BCUT2D eigenvalue weighted by molar-refractivity contribution is 6.32. The number of carbonyl (C=O) groups excluding carboxylic acids is 1. The summed E-state index contributed by atoms with van der Waals surface area (Å²) >= 11 is 6.09. The fourth-order valence-corrected chi connectivity index (χ4v) is 6.16. The number of benzene rings is 1. The number of likely N-dealkylation sites (N-methyl/N-ethyl adjacent to an activating group) is 1. The molecule has 10 nitrogen and oxygen atoms in total. The van der Waals surface area contributed by atoms with Crippen LogP contribution in [0.4, 0.5) is 10.2 Å². The first-order valence-corrected chi connectivity index (χ1v) is 14.2. The number of nitriles is 1. The lowest BCUT2D eigenvalue weighted by molar-refractivity contribution is -0.131. The summed E-state index contributed by atoms with van der Waals surface area (Å²) in [5.41, 5.74) is 3.75. The van der Waals surface area contributed by atoms with Crippen LogP contribution in [0.3, 0.4) is 0 Å². The molecule has 1 aromatic heterocycles. The van der Waals surface area contributed by atoms with Gasteiger partial charge in [-0.1, -0.05) is 18.2 Å². The number of aromatic nitrogens is 2. The van der Waals surface area contributed by atoms with Gasteiger partial charge >= 0.3 is 6.01 Å². The van der Waals surface area contributed by atoms with E-state index in [9.17, 15) is 19.6 Å². The number of amides is 1. The Bertz CT molecular complexity index is 1380. The van der Waals surface area contributed by atoms with Crippen LogP contribution in [-0.2, 0) is 24.4 Å². The third-order valence-electron chi connectivity index (χ3n) is 8.28. The van der Waals surface area contributed by atoms with Gasteiger partial charge in [-0.2, -0.15) is 15.2 Å². The van der Waals surface area contributed by atoms with Crippen LogP contribution in [0.2, 0.25) is 5.02 Å². The van der Waals surface area contributed by atoms with Gasteiger partial charge in [0.1, 0.15) is 18.2 Å². The molecule has 41 heavy (non-hydrogen) atoms. The first-order valence-electron chi connectivity index (χ1n) is 13.8. The van der Waals surface area contributed by atoms with Crippen LogP contribution in [0.5, 0.6) is 11.8 Å². The molecular weight excluding hydrogens is 549 g/mol. The number of hydrogen-bond donors (Lipinski definition) is 1. The number of halogens is 2. The zero-order valence-electron chi connectivity index (χ0n) is 23.4. The molecule has 0 bridgehead atoms. The van der Waals surface area contributed by atoms with Crippen molar-refractivity contribution in [2.24, 2.45) is 0 Å². The smallest absolute Gasteiger partial charge is 0.318 e. The number of fused-ring (bicyclic) bond motifs is 1. The molecule has 5 rings (SSSR count). The minimum absolute atomic E-state index is 0.0453.